The molecule has 0 aliphatic rings. The molecule has 3 N–H and O–H groups in total. The molecule has 0 aromatic carbocycles. The van der Waals surface area contributed by atoms with Crippen molar-refractivity contribution in [2.24, 2.45) is 17.6 Å². The number of rotatable bonds is 5. The third-order valence-electron chi connectivity index (χ3n) is 3.38. The van der Waals surface area contributed by atoms with E-state index in [4.69, 9.17) is 5.73 Å². The van der Waals surface area contributed by atoms with Crippen LogP contribution in [0.4, 0.5) is 0 Å². The molecule has 0 bridgehead atoms. The molecule has 0 spiro atoms. The number of amides is 1. The SMILES string of the molecule is CC(CN)C(=O)NC(c1nnc2ccccn12)C(C)C.Cl.Cl. The molecule has 6 nitrogen and oxygen atoms in total. The molecule has 0 radical (unpaired) electrons. The molecule has 0 fully saturated rings. The number of halogens is 2. The number of hydrogen-bond donors (Lipinski definition) is 2. The second-order valence-electron chi connectivity index (χ2n) is 5.35. The summed E-state index contributed by atoms with van der Waals surface area (Å²) in [5.74, 6) is 0.680. The molecular formula is C14H23Cl2N5O. The second-order valence-corrected chi connectivity index (χ2v) is 5.35. The zero-order valence-electron chi connectivity index (χ0n) is 12.9. The normalized spacial score (nSPS) is 13.1. The topological polar surface area (TPSA) is 85.3 Å². The van der Waals surface area contributed by atoms with E-state index in [0.717, 1.165) is 11.5 Å². The van der Waals surface area contributed by atoms with Gasteiger partial charge in [0.2, 0.25) is 5.91 Å². The van der Waals surface area contributed by atoms with E-state index in [1.54, 1.807) is 0 Å². The Morgan fingerprint density at radius 3 is 2.55 bits per heavy atom. The zero-order valence-corrected chi connectivity index (χ0v) is 14.5. The summed E-state index contributed by atoms with van der Waals surface area (Å²) in [5, 5.41) is 11.4. The third kappa shape index (κ3) is 4.32. The summed E-state index contributed by atoms with van der Waals surface area (Å²) in [5.41, 5.74) is 6.31. The summed E-state index contributed by atoms with van der Waals surface area (Å²) in [6.07, 6.45) is 1.90. The first-order chi connectivity index (χ1) is 9.54. The van der Waals surface area contributed by atoms with E-state index >= 15 is 0 Å². The van der Waals surface area contributed by atoms with E-state index in [-0.39, 0.29) is 48.6 Å². The average Bonchev–Trinajstić information content (AvgIpc) is 2.87. The lowest BCUT2D eigenvalue weighted by Gasteiger charge is -2.22. The minimum Gasteiger partial charge on any atom is -0.346 e. The van der Waals surface area contributed by atoms with Gasteiger partial charge in [-0.1, -0.05) is 26.8 Å². The molecule has 2 unspecified atom stereocenters. The molecule has 2 heterocycles. The summed E-state index contributed by atoms with van der Waals surface area (Å²) in [7, 11) is 0. The van der Waals surface area contributed by atoms with Crippen LogP contribution in [0.1, 0.15) is 32.6 Å². The van der Waals surface area contributed by atoms with Crippen LogP contribution in [0.15, 0.2) is 24.4 Å². The first kappa shape index (κ1) is 20.6. The Bertz CT molecular complexity index is 602. The van der Waals surface area contributed by atoms with Crippen molar-refractivity contribution in [3.8, 4) is 0 Å². The predicted octanol–water partition coefficient (Wildman–Crippen LogP) is 1.98. The molecule has 1 amide bonds. The first-order valence-electron chi connectivity index (χ1n) is 6.84. The minimum atomic E-state index is -0.213. The number of fused-ring (bicyclic) bond motifs is 1. The number of nitrogens with one attached hydrogen (secondary N) is 1. The minimum absolute atomic E-state index is 0. The first-order valence-corrected chi connectivity index (χ1v) is 6.84. The van der Waals surface area contributed by atoms with Gasteiger partial charge in [0, 0.05) is 18.7 Å². The van der Waals surface area contributed by atoms with Gasteiger partial charge in [0.25, 0.3) is 0 Å². The van der Waals surface area contributed by atoms with Crippen LogP contribution < -0.4 is 11.1 Å². The Balaban J connectivity index is 0.00000220. The largest absolute Gasteiger partial charge is 0.346 e. The summed E-state index contributed by atoms with van der Waals surface area (Å²) in [4.78, 5) is 12.1. The van der Waals surface area contributed by atoms with E-state index in [0.29, 0.717) is 6.54 Å². The van der Waals surface area contributed by atoms with Crippen LogP contribution in [-0.2, 0) is 4.79 Å². The summed E-state index contributed by atoms with van der Waals surface area (Å²) in [6.45, 7) is 6.23. The molecule has 2 aromatic rings. The van der Waals surface area contributed by atoms with Crippen molar-refractivity contribution in [3.05, 3.63) is 30.2 Å². The van der Waals surface area contributed by atoms with Gasteiger partial charge in [-0.3, -0.25) is 9.20 Å². The van der Waals surface area contributed by atoms with Gasteiger partial charge in [-0.15, -0.1) is 35.0 Å². The molecule has 0 aliphatic carbocycles. The fourth-order valence-corrected chi connectivity index (χ4v) is 2.00. The highest BCUT2D eigenvalue weighted by molar-refractivity contribution is 5.85. The Morgan fingerprint density at radius 2 is 1.95 bits per heavy atom. The highest BCUT2D eigenvalue weighted by Crippen LogP contribution is 2.21. The molecular weight excluding hydrogens is 325 g/mol. The number of nitrogens with two attached hydrogens (primary N) is 1. The van der Waals surface area contributed by atoms with Crippen molar-refractivity contribution in [1.29, 1.82) is 0 Å². The van der Waals surface area contributed by atoms with Crippen LogP contribution in [-0.4, -0.2) is 27.0 Å². The van der Waals surface area contributed by atoms with E-state index < -0.39 is 0 Å². The number of pyridine rings is 1. The van der Waals surface area contributed by atoms with Crippen molar-refractivity contribution in [2.75, 3.05) is 6.54 Å². The van der Waals surface area contributed by atoms with Gasteiger partial charge in [0.1, 0.15) is 0 Å². The van der Waals surface area contributed by atoms with Crippen molar-refractivity contribution in [3.63, 3.8) is 0 Å². The standard InChI is InChI=1S/C14H21N5O.2ClH/c1-9(2)12(16-14(20)10(3)8-15)13-18-17-11-6-4-5-7-19(11)13;;/h4-7,9-10,12H,8,15H2,1-3H3,(H,16,20);2*1H. The number of hydrogen-bond acceptors (Lipinski definition) is 4. The van der Waals surface area contributed by atoms with E-state index in [1.165, 1.54) is 0 Å². The lowest BCUT2D eigenvalue weighted by atomic mass is 10.0. The van der Waals surface area contributed by atoms with Crippen LogP contribution in [0.2, 0.25) is 0 Å². The number of nitrogens with zero attached hydrogens (tertiary/aromatic N) is 3. The molecule has 2 atom stereocenters. The Morgan fingerprint density at radius 1 is 1.27 bits per heavy atom. The Kier molecular flexibility index (Phi) is 8.37. The van der Waals surface area contributed by atoms with Crippen LogP contribution in [0.25, 0.3) is 5.65 Å². The fourth-order valence-electron chi connectivity index (χ4n) is 2.00. The molecule has 0 aliphatic heterocycles. The van der Waals surface area contributed by atoms with Gasteiger partial charge in [-0.2, -0.15) is 0 Å². The molecule has 22 heavy (non-hydrogen) atoms. The summed E-state index contributed by atoms with van der Waals surface area (Å²) >= 11 is 0. The van der Waals surface area contributed by atoms with Gasteiger partial charge in [-0.25, -0.2) is 0 Å². The maximum atomic E-state index is 12.1. The van der Waals surface area contributed by atoms with Crippen molar-refractivity contribution < 1.29 is 4.79 Å². The second kappa shape index (κ2) is 8.92. The Hall–Kier alpha value is -1.37. The van der Waals surface area contributed by atoms with E-state index in [1.807, 2.05) is 49.6 Å². The van der Waals surface area contributed by atoms with Crippen LogP contribution in [0, 0.1) is 11.8 Å². The predicted molar refractivity (Wildman–Crippen MR) is 91.4 cm³/mol. The molecule has 2 aromatic heterocycles. The maximum Gasteiger partial charge on any atom is 0.224 e. The maximum absolute atomic E-state index is 12.1. The highest BCUT2D eigenvalue weighted by Gasteiger charge is 2.25. The quantitative estimate of drug-likeness (QED) is 0.865. The van der Waals surface area contributed by atoms with Gasteiger partial charge < -0.3 is 11.1 Å². The fraction of sp³-hybridized carbons (Fsp3) is 0.500. The highest BCUT2D eigenvalue weighted by atomic mass is 35.5. The van der Waals surface area contributed by atoms with Crippen LogP contribution in [0.5, 0.6) is 0 Å². The molecule has 8 heteroatoms. The van der Waals surface area contributed by atoms with Gasteiger partial charge in [0.05, 0.1) is 6.04 Å². The number of carbonyl (C=O) groups excluding carboxylic acids is 1. The smallest absolute Gasteiger partial charge is 0.224 e. The number of aromatic nitrogens is 3. The van der Waals surface area contributed by atoms with Crippen LogP contribution >= 0.6 is 24.8 Å². The van der Waals surface area contributed by atoms with Crippen molar-refractivity contribution in [1.82, 2.24) is 19.9 Å². The van der Waals surface area contributed by atoms with Crippen molar-refractivity contribution in [2.45, 2.75) is 26.8 Å². The summed E-state index contributed by atoms with van der Waals surface area (Å²) in [6, 6.07) is 5.53. The average molecular weight is 348 g/mol. The van der Waals surface area contributed by atoms with E-state index in [9.17, 15) is 4.79 Å². The molecule has 0 saturated carbocycles. The molecule has 124 valence electrons. The van der Waals surface area contributed by atoms with Crippen LogP contribution in [0.3, 0.4) is 0 Å². The van der Waals surface area contributed by atoms with Crippen molar-refractivity contribution >= 4 is 36.4 Å². The molecule has 0 saturated heterocycles. The monoisotopic (exact) mass is 347 g/mol. The zero-order chi connectivity index (χ0) is 14.7. The third-order valence-corrected chi connectivity index (χ3v) is 3.38. The lowest BCUT2D eigenvalue weighted by Crippen LogP contribution is -2.38. The molecule has 2 rings (SSSR count). The van der Waals surface area contributed by atoms with E-state index in [2.05, 4.69) is 15.5 Å². The van der Waals surface area contributed by atoms with Gasteiger partial charge in [0.15, 0.2) is 11.5 Å². The lowest BCUT2D eigenvalue weighted by molar-refractivity contribution is -0.125. The number of carbonyl (C=O) groups is 1. The Labute approximate surface area is 142 Å². The van der Waals surface area contributed by atoms with Gasteiger partial charge >= 0.3 is 0 Å². The van der Waals surface area contributed by atoms with Gasteiger partial charge in [-0.05, 0) is 18.1 Å². The summed E-state index contributed by atoms with van der Waals surface area (Å²) < 4.78 is 1.90.